The van der Waals surface area contributed by atoms with Crippen LogP contribution < -0.4 is 13.8 Å². The van der Waals surface area contributed by atoms with Gasteiger partial charge in [-0.2, -0.15) is 12.7 Å². The zero-order valence-corrected chi connectivity index (χ0v) is 22.1. The fourth-order valence-corrected chi connectivity index (χ4v) is 5.59. The van der Waals surface area contributed by atoms with Crippen molar-refractivity contribution in [3.63, 3.8) is 0 Å². The number of ether oxygens (including phenoxy) is 1. The summed E-state index contributed by atoms with van der Waals surface area (Å²) in [5.74, 6) is -0.288. The Morgan fingerprint density at radius 2 is 1.50 bits per heavy atom. The number of benzene rings is 3. The molecule has 3 aromatic carbocycles. The molecule has 0 spiro atoms. The molecule has 0 aliphatic rings. The molecule has 38 heavy (non-hydrogen) atoms. The minimum atomic E-state index is -4.80. The normalized spacial score (nSPS) is 11.7. The Morgan fingerprint density at radius 3 is 2.13 bits per heavy atom. The second-order valence-corrected chi connectivity index (χ2v) is 11.4. The molecule has 1 aromatic heterocycles. The summed E-state index contributed by atoms with van der Waals surface area (Å²) in [6, 6.07) is 23.9. The highest BCUT2D eigenvalue weighted by atomic mass is 32.2. The van der Waals surface area contributed by atoms with E-state index in [0.717, 1.165) is 11.9 Å². The van der Waals surface area contributed by atoms with Crippen LogP contribution in [0.15, 0.2) is 91.3 Å². The number of aromatic nitrogens is 2. The smallest absolute Gasteiger partial charge is 0.365 e. The van der Waals surface area contributed by atoms with Gasteiger partial charge < -0.3 is 4.74 Å². The first-order valence-corrected chi connectivity index (χ1v) is 14.6. The van der Waals surface area contributed by atoms with E-state index in [0.29, 0.717) is 15.4 Å². The maximum Gasteiger partial charge on any atom is 0.365 e. The van der Waals surface area contributed by atoms with E-state index < -0.39 is 20.3 Å². The molecule has 0 saturated heterocycles. The van der Waals surface area contributed by atoms with E-state index in [1.165, 1.54) is 12.1 Å². The predicted octanol–water partition coefficient (Wildman–Crippen LogP) is 3.89. The van der Waals surface area contributed by atoms with Gasteiger partial charge in [-0.3, -0.25) is 4.55 Å². The molecule has 1 heterocycles. The fraction of sp³-hybridized carbons (Fsp3) is 0.154. The first-order chi connectivity index (χ1) is 18.1. The summed E-state index contributed by atoms with van der Waals surface area (Å²) in [6.45, 7) is 1.75. The predicted molar refractivity (Wildman–Crippen MR) is 145 cm³/mol. The summed E-state index contributed by atoms with van der Waals surface area (Å²) < 4.78 is 69.1. The van der Waals surface area contributed by atoms with Gasteiger partial charge in [-0.05, 0) is 30.2 Å². The summed E-state index contributed by atoms with van der Waals surface area (Å²) in [5, 5.41) is 0. The lowest BCUT2D eigenvalue weighted by molar-refractivity contribution is 0.311. The minimum absolute atomic E-state index is 0.0192. The van der Waals surface area contributed by atoms with Gasteiger partial charge in [0, 0.05) is 6.54 Å². The van der Waals surface area contributed by atoms with Gasteiger partial charge in [0.05, 0.1) is 17.0 Å². The molecule has 0 aliphatic heterocycles. The molecule has 0 amide bonds. The number of nitrogens with zero attached hydrogens (tertiary/aromatic N) is 3. The van der Waals surface area contributed by atoms with Crippen LogP contribution in [0.2, 0.25) is 0 Å². The topological polar surface area (TPSA) is 139 Å². The molecule has 0 bridgehead atoms. The van der Waals surface area contributed by atoms with Crippen molar-refractivity contribution in [3.05, 3.63) is 102 Å². The Labute approximate surface area is 221 Å². The molecule has 4 aromatic rings. The van der Waals surface area contributed by atoms with Crippen molar-refractivity contribution in [3.8, 4) is 17.0 Å². The van der Waals surface area contributed by atoms with Gasteiger partial charge in [0.15, 0.2) is 5.82 Å². The first kappa shape index (κ1) is 27.2. The molecular formula is C26H26N4O6S2. The quantitative estimate of drug-likeness (QED) is 0.210. The number of rotatable bonds is 11. The molecular weight excluding hydrogens is 528 g/mol. The molecule has 0 atom stereocenters. The van der Waals surface area contributed by atoms with Gasteiger partial charge >= 0.3 is 10.3 Å². The number of hydrogen-bond acceptors (Lipinski definition) is 7. The monoisotopic (exact) mass is 554 g/mol. The number of para-hydroxylation sites is 1. The maximum atomic E-state index is 12.5. The number of aryl methyl sites for hydroxylation is 1. The van der Waals surface area contributed by atoms with Crippen LogP contribution in [-0.4, -0.2) is 44.5 Å². The third kappa shape index (κ3) is 6.92. The average molecular weight is 555 g/mol. The van der Waals surface area contributed by atoms with Crippen LogP contribution in [0.3, 0.4) is 0 Å². The van der Waals surface area contributed by atoms with E-state index in [1.807, 2.05) is 19.1 Å². The van der Waals surface area contributed by atoms with E-state index in [-0.39, 0.29) is 41.9 Å². The van der Waals surface area contributed by atoms with E-state index in [1.54, 1.807) is 60.7 Å². The number of anilines is 2. The Bertz CT molecular complexity index is 1580. The van der Waals surface area contributed by atoms with Crippen LogP contribution in [-0.2, 0) is 26.1 Å². The van der Waals surface area contributed by atoms with E-state index in [2.05, 4.69) is 14.7 Å². The molecule has 4 rings (SSSR count). The van der Waals surface area contributed by atoms with E-state index in [9.17, 15) is 21.4 Å². The highest BCUT2D eigenvalue weighted by Gasteiger charge is 2.29. The number of hydrogen-bond donors (Lipinski definition) is 2. The summed E-state index contributed by atoms with van der Waals surface area (Å²) in [6.07, 6.45) is 1.11. The van der Waals surface area contributed by atoms with Crippen molar-refractivity contribution in [2.45, 2.75) is 12.7 Å². The Balaban J connectivity index is 1.64. The molecule has 10 nitrogen and oxygen atoms in total. The highest BCUT2D eigenvalue weighted by Crippen LogP contribution is 2.40. The van der Waals surface area contributed by atoms with Crippen LogP contribution in [0.1, 0.15) is 11.1 Å². The molecule has 0 radical (unpaired) electrons. The van der Waals surface area contributed by atoms with E-state index >= 15 is 0 Å². The molecule has 2 N–H and O–H groups in total. The summed E-state index contributed by atoms with van der Waals surface area (Å²) in [7, 11) is -8.42. The van der Waals surface area contributed by atoms with Crippen LogP contribution >= 0.6 is 0 Å². The maximum absolute atomic E-state index is 12.5. The second kappa shape index (κ2) is 11.7. The molecule has 0 aliphatic carbocycles. The summed E-state index contributed by atoms with van der Waals surface area (Å²) >= 11 is 0. The molecule has 12 heteroatoms. The van der Waals surface area contributed by atoms with Crippen LogP contribution in [0.5, 0.6) is 5.88 Å². The lowest BCUT2D eigenvalue weighted by atomic mass is 10.1. The van der Waals surface area contributed by atoms with Gasteiger partial charge in [0.1, 0.15) is 12.9 Å². The molecule has 0 unspecified atom stereocenters. The fourth-order valence-electron chi connectivity index (χ4n) is 3.71. The van der Waals surface area contributed by atoms with Gasteiger partial charge in [-0.1, -0.05) is 78.4 Å². The molecule has 0 saturated carbocycles. The van der Waals surface area contributed by atoms with Crippen molar-refractivity contribution in [1.29, 1.82) is 0 Å². The molecule has 0 fully saturated rings. The van der Waals surface area contributed by atoms with Crippen molar-refractivity contribution in [1.82, 2.24) is 14.7 Å². The Kier molecular flexibility index (Phi) is 8.37. The lowest BCUT2D eigenvalue weighted by Gasteiger charge is -2.23. The van der Waals surface area contributed by atoms with Gasteiger partial charge in [-0.15, -0.1) is 0 Å². The summed E-state index contributed by atoms with van der Waals surface area (Å²) in [5.41, 5.74) is 2.52. The van der Waals surface area contributed by atoms with Crippen LogP contribution in [0.25, 0.3) is 11.1 Å². The Hall–Kier alpha value is -3.84. The second-order valence-electron chi connectivity index (χ2n) is 8.31. The van der Waals surface area contributed by atoms with Gasteiger partial charge in [0.2, 0.25) is 15.9 Å². The molecule has 198 valence electrons. The first-order valence-electron chi connectivity index (χ1n) is 11.5. The number of nitrogens with one attached hydrogen (secondary N) is 1. The minimum Gasteiger partial charge on any atom is -0.476 e. The Morgan fingerprint density at radius 1 is 0.868 bits per heavy atom. The zero-order valence-electron chi connectivity index (χ0n) is 20.4. The van der Waals surface area contributed by atoms with Crippen LogP contribution in [0, 0.1) is 6.92 Å². The zero-order chi connectivity index (χ0) is 27.2. The van der Waals surface area contributed by atoms with Crippen LogP contribution in [0.4, 0.5) is 11.5 Å². The largest absolute Gasteiger partial charge is 0.476 e. The van der Waals surface area contributed by atoms with Gasteiger partial charge in [-0.25, -0.2) is 23.1 Å². The van der Waals surface area contributed by atoms with Crippen molar-refractivity contribution >= 4 is 31.8 Å². The van der Waals surface area contributed by atoms with Gasteiger partial charge in [0.25, 0.3) is 0 Å². The summed E-state index contributed by atoms with van der Waals surface area (Å²) in [4.78, 5) is 8.36. The van der Waals surface area contributed by atoms with Crippen molar-refractivity contribution in [2.24, 2.45) is 0 Å². The standard InChI is InChI=1S/C26H26N4O6S2/c1-20-12-14-22(15-13-20)24-25(30(38(33,34)35)23-10-6-3-7-11-23)27-19-28-26(24)36-17-16-29-37(31,32)18-21-8-4-2-5-9-21/h2-15,19,29H,16-18H2,1H3,(H,33,34,35). The number of sulfonamides is 1. The third-order valence-electron chi connectivity index (χ3n) is 5.41. The lowest BCUT2D eigenvalue weighted by Crippen LogP contribution is -2.30. The third-order valence-corrected chi connectivity index (χ3v) is 7.61. The van der Waals surface area contributed by atoms with E-state index in [4.69, 9.17) is 4.74 Å². The average Bonchev–Trinajstić information content (AvgIpc) is 2.88. The SMILES string of the molecule is Cc1ccc(-c2c(OCCNS(=O)(=O)Cc3ccccc3)ncnc2N(c2ccccc2)S(=O)(=O)O)cc1. The highest BCUT2D eigenvalue weighted by molar-refractivity contribution is 7.88. The van der Waals surface area contributed by atoms with Crippen molar-refractivity contribution < 1.29 is 26.1 Å². The van der Waals surface area contributed by atoms with Crippen molar-refractivity contribution in [2.75, 3.05) is 17.5 Å².